The van der Waals surface area contributed by atoms with E-state index in [1.165, 1.54) is 0 Å². The number of fused-ring (bicyclic) bond motifs is 1. The molecular formula is C15H24N2O2S. The highest BCUT2D eigenvalue weighted by Gasteiger charge is 2.22. The van der Waals surface area contributed by atoms with Crippen LogP contribution in [-0.4, -0.2) is 21.5 Å². The van der Waals surface area contributed by atoms with Gasteiger partial charge in [0, 0.05) is 13.1 Å². The molecule has 1 unspecified atom stereocenters. The highest BCUT2D eigenvalue weighted by Crippen LogP contribution is 2.23. The lowest BCUT2D eigenvalue weighted by atomic mass is 9.99. The van der Waals surface area contributed by atoms with Gasteiger partial charge in [-0.25, -0.2) is 13.1 Å². The maximum Gasteiger partial charge on any atom is 0.240 e. The van der Waals surface area contributed by atoms with Crippen LogP contribution in [0.25, 0.3) is 0 Å². The van der Waals surface area contributed by atoms with Crippen LogP contribution in [0.3, 0.4) is 0 Å². The van der Waals surface area contributed by atoms with Gasteiger partial charge in [0.25, 0.3) is 0 Å². The molecule has 0 aromatic heterocycles. The Balaban J connectivity index is 2.22. The van der Waals surface area contributed by atoms with Crippen LogP contribution in [0.15, 0.2) is 23.1 Å². The minimum atomic E-state index is -3.41. The van der Waals surface area contributed by atoms with Crippen molar-refractivity contribution in [2.45, 2.75) is 38.6 Å². The van der Waals surface area contributed by atoms with E-state index in [1.807, 2.05) is 12.1 Å². The SMILES string of the molecule is CC(C)C(C)CNS(=O)(=O)c1cccc2c1CCNC2. The van der Waals surface area contributed by atoms with Crippen molar-refractivity contribution in [2.75, 3.05) is 13.1 Å². The van der Waals surface area contributed by atoms with Crippen molar-refractivity contribution in [1.82, 2.24) is 10.0 Å². The monoisotopic (exact) mass is 296 g/mol. The van der Waals surface area contributed by atoms with Crippen LogP contribution in [0.2, 0.25) is 0 Å². The van der Waals surface area contributed by atoms with Crippen LogP contribution in [0.5, 0.6) is 0 Å². The zero-order valence-electron chi connectivity index (χ0n) is 12.4. The van der Waals surface area contributed by atoms with Crippen molar-refractivity contribution >= 4 is 10.0 Å². The number of rotatable bonds is 5. The van der Waals surface area contributed by atoms with E-state index in [4.69, 9.17) is 0 Å². The van der Waals surface area contributed by atoms with E-state index < -0.39 is 10.0 Å². The number of hydrogen-bond acceptors (Lipinski definition) is 3. The predicted octanol–water partition coefficient (Wildman–Crippen LogP) is 1.90. The fourth-order valence-electron chi connectivity index (χ4n) is 2.30. The first kappa shape index (κ1) is 15.5. The second-order valence-corrected chi connectivity index (χ2v) is 7.63. The first-order chi connectivity index (χ1) is 9.42. The molecule has 1 aromatic rings. The van der Waals surface area contributed by atoms with Gasteiger partial charge in [-0.3, -0.25) is 0 Å². The molecule has 2 rings (SSSR count). The second kappa shape index (κ2) is 6.24. The van der Waals surface area contributed by atoms with Gasteiger partial charge in [-0.1, -0.05) is 32.9 Å². The van der Waals surface area contributed by atoms with E-state index in [1.54, 1.807) is 6.07 Å². The lowest BCUT2D eigenvalue weighted by Gasteiger charge is -2.21. The third kappa shape index (κ3) is 3.40. The van der Waals surface area contributed by atoms with Crippen LogP contribution in [0.4, 0.5) is 0 Å². The molecule has 0 aliphatic carbocycles. The number of hydrogen-bond donors (Lipinski definition) is 2. The molecule has 0 saturated carbocycles. The second-order valence-electron chi connectivity index (χ2n) is 5.89. The van der Waals surface area contributed by atoms with Crippen LogP contribution in [0.1, 0.15) is 31.9 Å². The molecule has 0 amide bonds. The fourth-order valence-corrected chi connectivity index (χ4v) is 3.76. The van der Waals surface area contributed by atoms with E-state index in [0.29, 0.717) is 23.3 Å². The average Bonchev–Trinajstić information content (AvgIpc) is 2.44. The van der Waals surface area contributed by atoms with Gasteiger partial charge in [-0.2, -0.15) is 0 Å². The van der Waals surface area contributed by atoms with Crippen molar-refractivity contribution in [3.8, 4) is 0 Å². The average molecular weight is 296 g/mol. The van der Waals surface area contributed by atoms with Crippen molar-refractivity contribution in [2.24, 2.45) is 11.8 Å². The zero-order chi connectivity index (χ0) is 14.8. The molecule has 1 heterocycles. The summed E-state index contributed by atoms with van der Waals surface area (Å²) < 4.78 is 27.8. The normalized spacial score (nSPS) is 17.0. The van der Waals surface area contributed by atoms with Gasteiger partial charge >= 0.3 is 0 Å². The highest BCUT2D eigenvalue weighted by atomic mass is 32.2. The van der Waals surface area contributed by atoms with Crippen molar-refractivity contribution in [3.63, 3.8) is 0 Å². The smallest absolute Gasteiger partial charge is 0.240 e. The van der Waals surface area contributed by atoms with E-state index in [2.05, 4.69) is 30.8 Å². The molecule has 4 nitrogen and oxygen atoms in total. The Morgan fingerprint density at radius 1 is 1.30 bits per heavy atom. The van der Waals surface area contributed by atoms with Crippen molar-refractivity contribution in [3.05, 3.63) is 29.3 Å². The summed E-state index contributed by atoms with van der Waals surface area (Å²) in [5.41, 5.74) is 2.06. The van der Waals surface area contributed by atoms with Crippen LogP contribution >= 0.6 is 0 Å². The molecule has 112 valence electrons. The molecule has 0 bridgehead atoms. The molecule has 0 fully saturated rings. The van der Waals surface area contributed by atoms with Gasteiger partial charge in [0.1, 0.15) is 0 Å². The van der Waals surface area contributed by atoms with Gasteiger partial charge in [0.05, 0.1) is 4.90 Å². The lowest BCUT2D eigenvalue weighted by Crippen LogP contribution is -2.32. The number of benzene rings is 1. The third-order valence-corrected chi connectivity index (χ3v) is 5.63. The van der Waals surface area contributed by atoms with Crippen LogP contribution in [0, 0.1) is 11.8 Å². The van der Waals surface area contributed by atoms with Gasteiger partial charge in [0.2, 0.25) is 10.0 Å². The zero-order valence-corrected chi connectivity index (χ0v) is 13.3. The van der Waals surface area contributed by atoms with Crippen molar-refractivity contribution in [1.29, 1.82) is 0 Å². The Morgan fingerprint density at radius 2 is 2.05 bits per heavy atom. The van der Waals surface area contributed by atoms with Gasteiger partial charge in [-0.15, -0.1) is 0 Å². The Morgan fingerprint density at radius 3 is 2.75 bits per heavy atom. The molecule has 0 radical (unpaired) electrons. The highest BCUT2D eigenvalue weighted by molar-refractivity contribution is 7.89. The lowest BCUT2D eigenvalue weighted by molar-refractivity contribution is 0.414. The topological polar surface area (TPSA) is 58.2 Å². The fraction of sp³-hybridized carbons (Fsp3) is 0.600. The Bertz CT molecular complexity index is 567. The number of nitrogens with one attached hydrogen (secondary N) is 2. The minimum Gasteiger partial charge on any atom is -0.312 e. The molecule has 5 heteroatoms. The molecule has 1 aliphatic rings. The van der Waals surface area contributed by atoms with Gasteiger partial charge in [-0.05, 0) is 42.0 Å². The summed E-state index contributed by atoms with van der Waals surface area (Å²) in [6, 6.07) is 5.54. The van der Waals surface area contributed by atoms with E-state index in [9.17, 15) is 8.42 Å². The Kier molecular flexibility index (Phi) is 4.83. The molecule has 2 N–H and O–H groups in total. The number of sulfonamides is 1. The summed E-state index contributed by atoms with van der Waals surface area (Å²) in [7, 11) is -3.41. The molecule has 20 heavy (non-hydrogen) atoms. The van der Waals surface area contributed by atoms with Crippen LogP contribution < -0.4 is 10.0 Å². The summed E-state index contributed by atoms with van der Waals surface area (Å²) >= 11 is 0. The first-order valence-corrected chi connectivity index (χ1v) is 8.71. The first-order valence-electron chi connectivity index (χ1n) is 7.23. The summed E-state index contributed by atoms with van der Waals surface area (Å²) in [4.78, 5) is 0.451. The van der Waals surface area contributed by atoms with Crippen molar-refractivity contribution < 1.29 is 8.42 Å². The Labute approximate surface area is 122 Å². The third-order valence-electron chi connectivity index (χ3n) is 4.12. The summed E-state index contributed by atoms with van der Waals surface area (Å²) in [6.45, 7) is 8.35. The Hall–Kier alpha value is -0.910. The van der Waals surface area contributed by atoms with E-state index in [-0.39, 0.29) is 0 Å². The van der Waals surface area contributed by atoms with Crippen LogP contribution in [-0.2, 0) is 23.0 Å². The van der Waals surface area contributed by atoms with Gasteiger partial charge in [0.15, 0.2) is 0 Å². The standard InChI is InChI=1S/C15H24N2O2S/c1-11(2)12(3)9-17-20(18,19)15-6-4-5-13-10-16-8-7-14(13)15/h4-6,11-12,16-17H,7-10H2,1-3H3. The quantitative estimate of drug-likeness (QED) is 0.872. The van der Waals surface area contributed by atoms with E-state index in [0.717, 1.165) is 30.6 Å². The summed E-state index contributed by atoms with van der Waals surface area (Å²) in [5.74, 6) is 0.789. The van der Waals surface area contributed by atoms with E-state index >= 15 is 0 Å². The molecular weight excluding hydrogens is 272 g/mol. The predicted molar refractivity (Wildman–Crippen MR) is 81.0 cm³/mol. The molecule has 0 spiro atoms. The minimum absolute atomic E-state index is 0.325. The molecule has 0 saturated heterocycles. The summed E-state index contributed by atoms with van der Waals surface area (Å²) in [5, 5.41) is 3.27. The van der Waals surface area contributed by atoms with Gasteiger partial charge < -0.3 is 5.32 Å². The molecule has 1 aliphatic heterocycles. The summed E-state index contributed by atoms with van der Waals surface area (Å²) in [6.07, 6.45) is 0.770. The molecule has 1 aromatic carbocycles. The maximum absolute atomic E-state index is 12.5. The maximum atomic E-state index is 12.5. The molecule has 1 atom stereocenters. The largest absolute Gasteiger partial charge is 0.312 e.